The molecule has 0 aromatic heterocycles. The smallest absolute Gasteiger partial charge is 0.339 e. The van der Waals surface area contributed by atoms with Crippen LogP contribution in [-0.4, -0.2) is 22.0 Å². The van der Waals surface area contributed by atoms with Crippen LogP contribution in [0.5, 0.6) is 5.75 Å². The molecule has 96 valence electrons. The summed E-state index contributed by atoms with van der Waals surface area (Å²) in [5.74, 6) is -2.39. The van der Waals surface area contributed by atoms with E-state index in [1.54, 1.807) is 30.3 Å². The second-order valence-corrected chi connectivity index (χ2v) is 3.96. The highest BCUT2D eigenvalue weighted by atomic mass is 16.4. The largest absolute Gasteiger partial charge is 0.506 e. The molecule has 0 atom stereocenters. The van der Waals surface area contributed by atoms with Crippen molar-refractivity contribution < 1.29 is 19.8 Å². The SMILES string of the molecule is Nc1cc(C(=O)O)c(O)c(C(=O)c2ccccc2)c1. The van der Waals surface area contributed by atoms with Crippen molar-refractivity contribution in [2.75, 3.05) is 5.73 Å². The van der Waals surface area contributed by atoms with Gasteiger partial charge in [0.15, 0.2) is 5.78 Å². The Bertz CT molecular complexity index is 650. The normalized spacial score (nSPS) is 10.1. The predicted octanol–water partition coefficient (Wildman–Crippen LogP) is 1.90. The van der Waals surface area contributed by atoms with Gasteiger partial charge in [0.25, 0.3) is 0 Å². The molecule has 19 heavy (non-hydrogen) atoms. The van der Waals surface area contributed by atoms with Gasteiger partial charge < -0.3 is 15.9 Å². The molecule has 2 aromatic rings. The van der Waals surface area contributed by atoms with E-state index >= 15 is 0 Å². The summed E-state index contributed by atoms with van der Waals surface area (Å²) in [6.07, 6.45) is 0. The number of benzene rings is 2. The highest BCUT2D eigenvalue weighted by Crippen LogP contribution is 2.28. The fourth-order valence-electron chi connectivity index (χ4n) is 1.74. The average Bonchev–Trinajstić information content (AvgIpc) is 2.41. The van der Waals surface area contributed by atoms with Gasteiger partial charge in [-0.25, -0.2) is 4.79 Å². The number of nitrogen functional groups attached to an aromatic ring is 1. The number of carboxylic acid groups (broad SMARTS) is 1. The van der Waals surface area contributed by atoms with Crippen molar-refractivity contribution in [2.45, 2.75) is 0 Å². The molecule has 0 radical (unpaired) electrons. The summed E-state index contributed by atoms with van der Waals surface area (Å²) in [6, 6.07) is 10.6. The van der Waals surface area contributed by atoms with Crippen LogP contribution in [0.2, 0.25) is 0 Å². The van der Waals surface area contributed by atoms with Crippen molar-refractivity contribution in [3.63, 3.8) is 0 Å². The van der Waals surface area contributed by atoms with Gasteiger partial charge in [-0.1, -0.05) is 30.3 Å². The number of hydrogen-bond acceptors (Lipinski definition) is 4. The third kappa shape index (κ3) is 2.40. The molecule has 0 fully saturated rings. The number of nitrogens with two attached hydrogens (primary N) is 1. The molecule has 5 nitrogen and oxygen atoms in total. The summed E-state index contributed by atoms with van der Waals surface area (Å²) in [6.45, 7) is 0. The summed E-state index contributed by atoms with van der Waals surface area (Å²) in [4.78, 5) is 23.1. The summed E-state index contributed by atoms with van der Waals surface area (Å²) >= 11 is 0. The number of carboxylic acids is 1. The lowest BCUT2D eigenvalue weighted by molar-refractivity contribution is 0.0693. The minimum absolute atomic E-state index is 0.106. The monoisotopic (exact) mass is 257 g/mol. The molecule has 0 saturated heterocycles. The van der Waals surface area contributed by atoms with E-state index in [2.05, 4.69) is 0 Å². The Morgan fingerprint density at radius 2 is 1.58 bits per heavy atom. The van der Waals surface area contributed by atoms with Crippen molar-refractivity contribution >= 4 is 17.4 Å². The molecule has 0 aliphatic rings. The maximum absolute atomic E-state index is 12.2. The third-order valence-corrected chi connectivity index (χ3v) is 2.64. The molecule has 0 unspecified atom stereocenters. The molecule has 0 aliphatic heterocycles. The standard InChI is InChI=1S/C14H11NO4/c15-9-6-10(13(17)11(7-9)14(18)19)12(16)8-4-2-1-3-5-8/h1-7,17H,15H2,(H,18,19). The Morgan fingerprint density at radius 3 is 2.16 bits per heavy atom. The van der Waals surface area contributed by atoms with Crippen LogP contribution in [0.3, 0.4) is 0 Å². The number of aromatic carboxylic acids is 1. The Labute approximate surface area is 108 Å². The van der Waals surface area contributed by atoms with Crippen molar-refractivity contribution in [1.29, 1.82) is 0 Å². The number of anilines is 1. The number of carbonyl (C=O) groups is 2. The van der Waals surface area contributed by atoms with E-state index in [0.717, 1.165) is 6.07 Å². The summed E-state index contributed by atoms with van der Waals surface area (Å²) in [5.41, 5.74) is 5.50. The summed E-state index contributed by atoms with van der Waals surface area (Å²) in [7, 11) is 0. The minimum Gasteiger partial charge on any atom is -0.506 e. The maximum atomic E-state index is 12.2. The minimum atomic E-state index is -1.34. The molecule has 4 N–H and O–H groups in total. The number of phenols is 1. The van der Waals surface area contributed by atoms with E-state index in [1.807, 2.05) is 0 Å². The van der Waals surface area contributed by atoms with Crippen LogP contribution in [0.1, 0.15) is 26.3 Å². The Kier molecular flexibility index (Phi) is 3.20. The molecule has 2 rings (SSSR count). The lowest BCUT2D eigenvalue weighted by Crippen LogP contribution is -2.07. The predicted molar refractivity (Wildman–Crippen MR) is 69.4 cm³/mol. The molecule has 0 bridgehead atoms. The van der Waals surface area contributed by atoms with E-state index in [-0.39, 0.29) is 16.8 Å². The van der Waals surface area contributed by atoms with Gasteiger partial charge in [-0.15, -0.1) is 0 Å². The highest BCUT2D eigenvalue weighted by molar-refractivity contribution is 6.12. The van der Waals surface area contributed by atoms with Crippen LogP contribution < -0.4 is 5.73 Å². The Morgan fingerprint density at radius 1 is 1.00 bits per heavy atom. The van der Waals surface area contributed by atoms with Gasteiger partial charge in [0.1, 0.15) is 11.3 Å². The zero-order chi connectivity index (χ0) is 14.0. The van der Waals surface area contributed by atoms with Gasteiger partial charge in [0.2, 0.25) is 0 Å². The highest BCUT2D eigenvalue weighted by Gasteiger charge is 2.20. The van der Waals surface area contributed by atoms with Crippen LogP contribution in [0.15, 0.2) is 42.5 Å². The van der Waals surface area contributed by atoms with Crippen LogP contribution in [0, 0.1) is 0 Å². The van der Waals surface area contributed by atoms with Crippen molar-refractivity contribution in [1.82, 2.24) is 0 Å². The molecule has 0 heterocycles. The third-order valence-electron chi connectivity index (χ3n) is 2.64. The van der Waals surface area contributed by atoms with Crippen LogP contribution in [-0.2, 0) is 0 Å². The van der Waals surface area contributed by atoms with E-state index in [4.69, 9.17) is 10.8 Å². The number of aromatic hydroxyl groups is 1. The first-order valence-electron chi connectivity index (χ1n) is 5.46. The zero-order valence-electron chi connectivity index (χ0n) is 9.83. The molecule has 2 aromatic carbocycles. The first kappa shape index (κ1) is 12.6. The first-order valence-corrected chi connectivity index (χ1v) is 5.46. The van der Waals surface area contributed by atoms with Crippen molar-refractivity contribution in [2.24, 2.45) is 0 Å². The van der Waals surface area contributed by atoms with Gasteiger partial charge in [0.05, 0.1) is 5.56 Å². The number of rotatable bonds is 3. The Hall–Kier alpha value is -2.82. The maximum Gasteiger partial charge on any atom is 0.339 e. The van der Waals surface area contributed by atoms with Crippen molar-refractivity contribution in [3.8, 4) is 5.75 Å². The molecular weight excluding hydrogens is 246 g/mol. The average molecular weight is 257 g/mol. The molecule has 0 saturated carbocycles. The van der Waals surface area contributed by atoms with Crippen LogP contribution in [0.4, 0.5) is 5.69 Å². The quantitative estimate of drug-likeness (QED) is 0.443. The van der Waals surface area contributed by atoms with E-state index in [9.17, 15) is 14.7 Å². The van der Waals surface area contributed by atoms with E-state index in [1.165, 1.54) is 6.07 Å². The van der Waals surface area contributed by atoms with Crippen LogP contribution in [0.25, 0.3) is 0 Å². The second-order valence-electron chi connectivity index (χ2n) is 3.96. The number of hydrogen-bond donors (Lipinski definition) is 3. The number of ketones is 1. The fraction of sp³-hybridized carbons (Fsp3) is 0. The zero-order valence-corrected chi connectivity index (χ0v) is 9.83. The number of carbonyl (C=O) groups excluding carboxylic acids is 1. The van der Waals surface area contributed by atoms with E-state index in [0.29, 0.717) is 5.56 Å². The van der Waals surface area contributed by atoms with E-state index < -0.39 is 17.5 Å². The summed E-state index contributed by atoms with van der Waals surface area (Å²) < 4.78 is 0. The van der Waals surface area contributed by atoms with Crippen molar-refractivity contribution in [3.05, 3.63) is 59.2 Å². The Balaban J connectivity index is 2.57. The molecule has 0 spiro atoms. The second kappa shape index (κ2) is 4.81. The molecule has 5 heteroatoms. The molecule has 0 amide bonds. The lowest BCUT2D eigenvalue weighted by atomic mass is 9.99. The fourth-order valence-corrected chi connectivity index (χ4v) is 1.74. The molecular formula is C14H11NO4. The molecule has 0 aliphatic carbocycles. The van der Waals surface area contributed by atoms with Gasteiger partial charge in [-0.05, 0) is 12.1 Å². The lowest BCUT2D eigenvalue weighted by Gasteiger charge is -2.08. The topological polar surface area (TPSA) is 101 Å². The van der Waals surface area contributed by atoms with Crippen LogP contribution >= 0.6 is 0 Å². The van der Waals surface area contributed by atoms with Gasteiger partial charge >= 0.3 is 5.97 Å². The van der Waals surface area contributed by atoms with Gasteiger partial charge in [0, 0.05) is 11.3 Å². The van der Waals surface area contributed by atoms with Gasteiger partial charge in [-0.3, -0.25) is 4.79 Å². The first-order chi connectivity index (χ1) is 9.00. The summed E-state index contributed by atoms with van der Waals surface area (Å²) in [5, 5.41) is 18.8. The van der Waals surface area contributed by atoms with Gasteiger partial charge in [-0.2, -0.15) is 0 Å².